The second kappa shape index (κ2) is 7.94. The minimum absolute atomic E-state index is 0.0560. The van der Waals surface area contributed by atoms with Gasteiger partial charge in [-0.1, -0.05) is 12.1 Å². The van der Waals surface area contributed by atoms with Crippen molar-refractivity contribution in [3.8, 4) is 5.75 Å². The number of nitrogens with one attached hydrogen (secondary N) is 1. The zero-order valence-corrected chi connectivity index (χ0v) is 15.9. The van der Waals surface area contributed by atoms with Crippen molar-refractivity contribution in [2.24, 2.45) is 5.14 Å². The molecule has 4 N–H and O–H groups in total. The lowest BCUT2D eigenvalue weighted by Crippen LogP contribution is -2.16. The van der Waals surface area contributed by atoms with E-state index in [9.17, 15) is 21.6 Å². The van der Waals surface area contributed by atoms with E-state index in [1.54, 1.807) is 6.92 Å². The number of benzene rings is 2. The Kier molecular flexibility index (Phi) is 6.08. The van der Waals surface area contributed by atoms with Crippen molar-refractivity contribution in [1.29, 1.82) is 0 Å². The maximum absolute atomic E-state index is 12.5. The van der Waals surface area contributed by atoms with Gasteiger partial charge in [-0.2, -0.15) is 0 Å². The summed E-state index contributed by atoms with van der Waals surface area (Å²) in [5.74, 6) is -1.31. The van der Waals surface area contributed by atoms with Gasteiger partial charge < -0.3 is 9.84 Å². The number of rotatable bonds is 8. The molecular formula is C16H18N2O7S2. The summed E-state index contributed by atoms with van der Waals surface area (Å²) in [5.41, 5.74) is 0.966. The number of hydrogen-bond acceptors (Lipinski definition) is 6. The molecule has 0 aromatic heterocycles. The molecule has 0 saturated carbocycles. The summed E-state index contributed by atoms with van der Waals surface area (Å²) >= 11 is 0. The van der Waals surface area contributed by atoms with Crippen LogP contribution in [0.2, 0.25) is 0 Å². The molecule has 2 aromatic carbocycles. The van der Waals surface area contributed by atoms with E-state index in [1.165, 1.54) is 42.5 Å². The topological polar surface area (TPSA) is 153 Å². The van der Waals surface area contributed by atoms with Crippen LogP contribution in [0.25, 0.3) is 0 Å². The average Bonchev–Trinajstić information content (AvgIpc) is 2.51. The maximum Gasteiger partial charge on any atom is 0.341 e. The molecule has 0 aliphatic heterocycles. The SMILES string of the molecule is Cc1cc(S(=O)(=O)Nc2cccc(CS(N)(=O)=O)c2)ccc1OCC(=O)O. The van der Waals surface area contributed by atoms with Crippen LogP contribution >= 0.6 is 0 Å². The summed E-state index contributed by atoms with van der Waals surface area (Å²) in [5, 5.41) is 13.6. The van der Waals surface area contributed by atoms with Gasteiger partial charge in [-0.05, 0) is 48.4 Å². The second-order valence-electron chi connectivity index (χ2n) is 5.72. The van der Waals surface area contributed by atoms with Crippen molar-refractivity contribution in [2.75, 3.05) is 11.3 Å². The molecule has 0 fully saturated rings. The quantitative estimate of drug-likeness (QED) is 0.583. The Labute approximate surface area is 156 Å². The van der Waals surface area contributed by atoms with E-state index in [0.29, 0.717) is 11.1 Å². The number of sulfonamides is 2. The molecule has 0 atom stereocenters. The summed E-state index contributed by atoms with van der Waals surface area (Å²) in [7, 11) is -7.69. The van der Waals surface area contributed by atoms with Crippen LogP contribution in [0.5, 0.6) is 5.75 Å². The van der Waals surface area contributed by atoms with Crippen LogP contribution in [-0.4, -0.2) is 34.5 Å². The summed E-state index contributed by atoms with van der Waals surface area (Å²) < 4.78 is 54.8. The molecule has 0 unspecified atom stereocenters. The molecule has 0 spiro atoms. The lowest BCUT2D eigenvalue weighted by atomic mass is 10.2. The number of anilines is 1. The Morgan fingerprint density at radius 1 is 1.15 bits per heavy atom. The van der Waals surface area contributed by atoms with Crippen molar-refractivity contribution in [3.05, 3.63) is 53.6 Å². The molecular weight excluding hydrogens is 396 g/mol. The van der Waals surface area contributed by atoms with Crippen LogP contribution in [0.4, 0.5) is 5.69 Å². The fourth-order valence-corrected chi connectivity index (χ4v) is 4.04. The van der Waals surface area contributed by atoms with Crippen LogP contribution < -0.4 is 14.6 Å². The van der Waals surface area contributed by atoms with E-state index in [4.69, 9.17) is 15.0 Å². The van der Waals surface area contributed by atoms with Gasteiger partial charge in [-0.3, -0.25) is 4.72 Å². The van der Waals surface area contributed by atoms with Gasteiger partial charge in [-0.15, -0.1) is 0 Å². The van der Waals surface area contributed by atoms with E-state index >= 15 is 0 Å². The van der Waals surface area contributed by atoms with E-state index in [0.717, 1.165) is 0 Å². The van der Waals surface area contributed by atoms with Crippen LogP contribution in [0, 0.1) is 6.92 Å². The first kappa shape index (κ1) is 20.7. The van der Waals surface area contributed by atoms with Gasteiger partial charge in [0.2, 0.25) is 10.0 Å². The Morgan fingerprint density at radius 2 is 1.85 bits per heavy atom. The summed E-state index contributed by atoms with van der Waals surface area (Å²) in [6.45, 7) is 1.05. The fraction of sp³-hybridized carbons (Fsp3) is 0.188. The summed E-state index contributed by atoms with van der Waals surface area (Å²) in [4.78, 5) is 10.5. The molecule has 0 bridgehead atoms. The highest BCUT2D eigenvalue weighted by Crippen LogP contribution is 2.24. The molecule has 9 nitrogen and oxygen atoms in total. The Hall–Kier alpha value is -2.63. The molecule has 0 amide bonds. The number of aryl methyl sites for hydroxylation is 1. The third kappa shape index (κ3) is 6.24. The lowest BCUT2D eigenvalue weighted by molar-refractivity contribution is -0.139. The lowest BCUT2D eigenvalue weighted by Gasteiger charge is -2.12. The Balaban J connectivity index is 2.23. The highest BCUT2D eigenvalue weighted by molar-refractivity contribution is 7.92. The highest BCUT2D eigenvalue weighted by Gasteiger charge is 2.17. The minimum atomic E-state index is -3.95. The number of aliphatic carboxylic acids is 1. The number of hydrogen-bond donors (Lipinski definition) is 3. The molecule has 0 aliphatic carbocycles. The van der Waals surface area contributed by atoms with Crippen LogP contribution in [0.1, 0.15) is 11.1 Å². The van der Waals surface area contributed by atoms with E-state index in [-0.39, 0.29) is 16.3 Å². The molecule has 0 saturated heterocycles. The molecule has 2 aromatic rings. The molecule has 146 valence electrons. The third-order valence-electron chi connectivity index (χ3n) is 3.35. The van der Waals surface area contributed by atoms with Crippen molar-refractivity contribution >= 4 is 31.7 Å². The number of carbonyl (C=O) groups is 1. The molecule has 0 radical (unpaired) electrons. The van der Waals surface area contributed by atoms with Crippen LogP contribution in [0.3, 0.4) is 0 Å². The van der Waals surface area contributed by atoms with Gasteiger partial charge in [0.1, 0.15) is 5.75 Å². The predicted molar refractivity (Wildman–Crippen MR) is 98.4 cm³/mol. The minimum Gasteiger partial charge on any atom is -0.482 e. The molecule has 0 aliphatic rings. The van der Waals surface area contributed by atoms with Crippen molar-refractivity contribution in [1.82, 2.24) is 0 Å². The number of carboxylic acid groups (broad SMARTS) is 1. The predicted octanol–water partition coefficient (Wildman–Crippen LogP) is 1.05. The Bertz CT molecular complexity index is 1060. The standard InChI is InChI=1S/C16H18N2O7S2/c1-11-7-14(5-6-15(11)25-9-16(19)20)27(23,24)18-13-4-2-3-12(8-13)10-26(17,21)22/h2-8,18H,9-10H2,1H3,(H,19,20)(H2,17,21,22). The van der Waals surface area contributed by atoms with Gasteiger partial charge in [0.25, 0.3) is 10.0 Å². The first-order valence-corrected chi connectivity index (χ1v) is 10.7. The summed E-state index contributed by atoms with van der Waals surface area (Å²) in [6, 6.07) is 9.85. The van der Waals surface area contributed by atoms with Gasteiger partial charge in [0.05, 0.1) is 10.6 Å². The van der Waals surface area contributed by atoms with Crippen molar-refractivity contribution < 1.29 is 31.5 Å². The number of carboxylic acids is 1. The smallest absolute Gasteiger partial charge is 0.341 e. The van der Waals surface area contributed by atoms with Gasteiger partial charge in [-0.25, -0.2) is 26.8 Å². The third-order valence-corrected chi connectivity index (χ3v) is 5.47. The zero-order chi connectivity index (χ0) is 20.2. The van der Waals surface area contributed by atoms with Gasteiger partial charge in [0, 0.05) is 5.69 Å². The average molecular weight is 414 g/mol. The monoisotopic (exact) mass is 414 g/mol. The summed E-state index contributed by atoms with van der Waals surface area (Å²) in [6.07, 6.45) is 0. The first-order chi connectivity index (χ1) is 12.5. The molecule has 27 heavy (non-hydrogen) atoms. The number of nitrogens with two attached hydrogens (primary N) is 1. The normalized spacial score (nSPS) is 11.8. The number of primary sulfonamides is 1. The Morgan fingerprint density at radius 3 is 2.44 bits per heavy atom. The first-order valence-electron chi connectivity index (χ1n) is 7.54. The van der Waals surface area contributed by atoms with Crippen LogP contribution in [0.15, 0.2) is 47.4 Å². The van der Waals surface area contributed by atoms with E-state index in [2.05, 4.69) is 4.72 Å². The second-order valence-corrected chi connectivity index (χ2v) is 9.02. The largest absolute Gasteiger partial charge is 0.482 e. The van der Waals surface area contributed by atoms with Gasteiger partial charge >= 0.3 is 5.97 Å². The van der Waals surface area contributed by atoms with Gasteiger partial charge in [0.15, 0.2) is 6.61 Å². The maximum atomic E-state index is 12.5. The van der Waals surface area contributed by atoms with Crippen molar-refractivity contribution in [3.63, 3.8) is 0 Å². The zero-order valence-electron chi connectivity index (χ0n) is 14.2. The molecule has 2 rings (SSSR count). The van der Waals surface area contributed by atoms with Crippen LogP contribution in [-0.2, 0) is 30.6 Å². The van der Waals surface area contributed by atoms with E-state index in [1.807, 2.05) is 0 Å². The molecule has 0 heterocycles. The number of ether oxygens (including phenoxy) is 1. The van der Waals surface area contributed by atoms with E-state index < -0.39 is 38.4 Å². The fourth-order valence-electron chi connectivity index (χ4n) is 2.26. The highest BCUT2D eigenvalue weighted by atomic mass is 32.2. The van der Waals surface area contributed by atoms with Crippen molar-refractivity contribution in [2.45, 2.75) is 17.6 Å². The molecule has 11 heteroatoms.